The number of para-hydroxylation sites is 1. The molecule has 0 bridgehead atoms. The first kappa shape index (κ1) is 13.1. The molecule has 0 aliphatic heterocycles. The van der Waals surface area contributed by atoms with Crippen molar-refractivity contribution in [2.45, 2.75) is 5.92 Å². The van der Waals surface area contributed by atoms with Gasteiger partial charge in [0.15, 0.2) is 0 Å². The fourth-order valence-corrected chi connectivity index (χ4v) is 2.04. The van der Waals surface area contributed by atoms with Crippen molar-refractivity contribution >= 4 is 5.91 Å². The van der Waals surface area contributed by atoms with Crippen LogP contribution in [0.15, 0.2) is 48.5 Å². The van der Waals surface area contributed by atoms with Gasteiger partial charge in [0.05, 0.1) is 7.11 Å². The van der Waals surface area contributed by atoms with Gasteiger partial charge in [0.25, 0.3) is 0 Å². The second kappa shape index (κ2) is 5.57. The lowest BCUT2D eigenvalue weighted by atomic mass is 9.91. The molecule has 1 unspecified atom stereocenters. The Morgan fingerprint density at radius 2 is 1.95 bits per heavy atom. The van der Waals surface area contributed by atoms with E-state index in [2.05, 4.69) is 6.92 Å². The van der Waals surface area contributed by atoms with Crippen LogP contribution >= 0.6 is 0 Å². The Bertz CT molecular complexity index is 593. The molecule has 0 fully saturated rings. The van der Waals surface area contributed by atoms with E-state index in [4.69, 9.17) is 10.5 Å². The zero-order valence-electron chi connectivity index (χ0n) is 10.8. The maximum absolute atomic E-state index is 11.2. The van der Waals surface area contributed by atoms with Crippen molar-refractivity contribution < 1.29 is 9.53 Å². The fourth-order valence-electron chi connectivity index (χ4n) is 2.04. The van der Waals surface area contributed by atoms with Crippen LogP contribution in [0.25, 0.3) is 0 Å². The summed E-state index contributed by atoms with van der Waals surface area (Å²) in [5, 5.41) is 0. The van der Waals surface area contributed by atoms with Crippen LogP contribution in [-0.2, 0) is 0 Å². The zero-order valence-corrected chi connectivity index (χ0v) is 10.8. The quantitative estimate of drug-likeness (QED) is 0.912. The zero-order chi connectivity index (χ0) is 13.8. The number of rotatable bonds is 4. The maximum atomic E-state index is 11.2. The van der Waals surface area contributed by atoms with Crippen molar-refractivity contribution in [1.82, 2.24) is 0 Å². The van der Waals surface area contributed by atoms with E-state index in [-0.39, 0.29) is 5.92 Å². The summed E-state index contributed by atoms with van der Waals surface area (Å²) in [5.41, 5.74) is 7.69. The van der Waals surface area contributed by atoms with Crippen LogP contribution in [-0.4, -0.2) is 13.0 Å². The number of ether oxygens (including phenoxy) is 1. The van der Waals surface area contributed by atoms with Crippen molar-refractivity contribution in [2.75, 3.05) is 7.11 Å². The van der Waals surface area contributed by atoms with Gasteiger partial charge in [-0.2, -0.15) is 0 Å². The van der Waals surface area contributed by atoms with Crippen molar-refractivity contribution in [1.29, 1.82) is 0 Å². The summed E-state index contributed by atoms with van der Waals surface area (Å²) >= 11 is 0. The smallest absolute Gasteiger partial charge is 0.248 e. The molecule has 3 nitrogen and oxygen atoms in total. The first-order valence-corrected chi connectivity index (χ1v) is 5.99. The highest BCUT2D eigenvalue weighted by Gasteiger charge is 2.14. The van der Waals surface area contributed by atoms with E-state index in [0.717, 1.165) is 16.9 Å². The lowest BCUT2D eigenvalue weighted by Crippen LogP contribution is -2.11. The monoisotopic (exact) mass is 254 g/mol. The molecule has 1 atom stereocenters. The van der Waals surface area contributed by atoms with Crippen LogP contribution in [0.4, 0.5) is 0 Å². The van der Waals surface area contributed by atoms with Gasteiger partial charge in [-0.3, -0.25) is 4.79 Å². The summed E-state index contributed by atoms with van der Waals surface area (Å²) in [4.78, 5) is 11.2. The Kier molecular flexibility index (Phi) is 3.85. The molecule has 2 N–H and O–H groups in total. The van der Waals surface area contributed by atoms with Crippen LogP contribution < -0.4 is 10.5 Å². The summed E-state index contributed by atoms with van der Waals surface area (Å²) in [6.45, 7) is 4.16. The van der Waals surface area contributed by atoms with E-state index in [9.17, 15) is 4.79 Å². The van der Waals surface area contributed by atoms with Gasteiger partial charge in [-0.25, -0.2) is 0 Å². The normalized spacial score (nSPS) is 11.9. The lowest BCUT2D eigenvalue weighted by molar-refractivity contribution is 0.1000. The number of carbonyl (C=O) groups is 1. The number of methoxy groups -OCH3 is 1. The minimum atomic E-state index is -0.436. The van der Waals surface area contributed by atoms with Crippen LogP contribution in [0.2, 0.25) is 0 Å². The van der Waals surface area contributed by atoms with Gasteiger partial charge in [-0.05, 0) is 30.7 Å². The van der Waals surface area contributed by atoms with E-state index < -0.39 is 5.91 Å². The van der Waals surface area contributed by atoms with Gasteiger partial charge < -0.3 is 10.5 Å². The molecule has 0 aliphatic carbocycles. The van der Waals surface area contributed by atoms with Gasteiger partial charge in [-0.15, -0.1) is 0 Å². The summed E-state index contributed by atoms with van der Waals surface area (Å²) < 4.78 is 5.33. The van der Waals surface area contributed by atoms with Crippen LogP contribution in [0, 0.1) is 6.92 Å². The van der Waals surface area contributed by atoms with Gasteiger partial charge in [-0.1, -0.05) is 30.3 Å². The van der Waals surface area contributed by atoms with E-state index in [1.54, 1.807) is 19.2 Å². The van der Waals surface area contributed by atoms with E-state index >= 15 is 0 Å². The second-order valence-corrected chi connectivity index (χ2v) is 4.28. The summed E-state index contributed by atoms with van der Waals surface area (Å²) in [7, 11) is 1.63. The molecule has 0 saturated carbocycles. The second-order valence-electron chi connectivity index (χ2n) is 4.28. The first-order chi connectivity index (χ1) is 9.13. The summed E-state index contributed by atoms with van der Waals surface area (Å²) in [6.07, 6.45) is 0. The minimum absolute atomic E-state index is 0.115. The highest BCUT2D eigenvalue weighted by molar-refractivity contribution is 5.92. The molecule has 2 rings (SSSR count). The Balaban J connectivity index is 2.41. The number of benzene rings is 2. The highest BCUT2D eigenvalue weighted by Crippen LogP contribution is 2.31. The molecule has 3 heteroatoms. The van der Waals surface area contributed by atoms with E-state index in [0.29, 0.717) is 5.56 Å². The Morgan fingerprint density at radius 3 is 2.63 bits per heavy atom. The molecule has 0 saturated heterocycles. The molecule has 2 aromatic carbocycles. The molecule has 19 heavy (non-hydrogen) atoms. The number of hydrogen-bond donors (Lipinski definition) is 1. The number of carbonyl (C=O) groups excluding carboxylic acids is 1. The van der Waals surface area contributed by atoms with Crippen LogP contribution in [0.5, 0.6) is 5.75 Å². The van der Waals surface area contributed by atoms with Gasteiger partial charge in [0, 0.05) is 17.0 Å². The largest absolute Gasteiger partial charge is 0.496 e. The molecule has 97 valence electrons. The molecule has 1 radical (unpaired) electrons. The van der Waals surface area contributed by atoms with Gasteiger partial charge in [0.2, 0.25) is 5.91 Å². The van der Waals surface area contributed by atoms with Crippen molar-refractivity contribution in [3.63, 3.8) is 0 Å². The standard InChI is InChI=1S/C16H16NO2/c1-11(14-8-3-4-9-15(14)19-2)12-6-5-7-13(10-12)16(17)18/h3-11H,1H2,2H3,(H2,17,18). The number of primary amides is 1. The molecule has 0 heterocycles. The Hall–Kier alpha value is -2.29. The number of nitrogens with two attached hydrogens (primary N) is 1. The van der Waals surface area contributed by atoms with Gasteiger partial charge in [0.1, 0.15) is 5.75 Å². The number of amides is 1. The predicted molar refractivity (Wildman–Crippen MR) is 75.2 cm³/mol. The van der Waals surface area contributed by atoms with E-state index in [1.807, 2.05) is 36.4 Å². The fraction of sp³-hybridized carbons (Fsp3) is 0.125. The minimum Gasteiger partial charge on any atom is -0.496 e. The molecule has 2 aromatic rings. The molecule has 0 spiro atoms. The molecule has 0 aliphatic rings. The first-order valence-electron chi connectivity index (χ1n) is 5.99. The Morgan fingerprint density at radius 1 is 1.21 bits per heavy atom. The third-order valence-corrected chi connectivity index (χ3v) is 3.09. The van der Waals surface area contributed by atoms with Crippen molar-refractivity contribution in [2.24, 2.45) is 5.73 Å². The number of hydrogen-bond acceptors (Lipinski definition) is 2. The molecular formula is C16H16NO2. The SMILES string of the molecule is [CH2]C(c1cccc(C(N)=O)c1)c1ccccc1OC. The summed E-state index contributed by atoms with van der Waals surface area (Å²) in [5.74, 6) is 0.233. The third kappa shape index (κ3) is 2.76. The predicted octanol–water partition coefficient (Wildman–Crippen LogP) is 2.76. The highest BCUT2D eigenvalue weighted by atomic mass is 16.5. The molecular weight excluding hydrogens is 238 g/mol. The van der Waals surface area contributed by atoms with Crippen molar-refractivity contribution in [3.8, 4) is 5.75 Å². The van der Waals surface area contributed by atoms with Crippen molar-refractivity contribution in [3.05, 3.63) is 72.1 Å². The van der Waals surface area contributed by atoms with E-state index in [1.165, 1.54) is 0 Å². The average molecular weight is 254 g/mol. The maximum Gasteiger partial charge on any atom is 0.248 e. The third-order valence-electron chi connectivity index (χ3n) is 3.09. The molecule has 0 aromatic heterocycles. The average Bonchev–Trinajstić information content (AvgIpc) is 2.46. The summed E-state index contributed by atoms with van der Waals surface area (Å²) in [6, 6.07) is 14.9. The van der Waals surface area contributed by atoms with Gasteiger partial charge >= 0.3 is 0 Å². The molecule has 1 amide bonds. The topological polar surface area (TPSA) is 52.3 Å². The van der Waals surface area contributed by atoms with Crippen LogP contribution in [0.1, 0.15) is 27.4 Å². The Labute approximate surface area is 113 Å². The lowest BCUT2D eigenvalue weighted by Gasteiger charge is -2.16. The van der Waals surface area contributed by atoms with Crippen LogP contribution in [0.3, 0.4) is 0 Å².